The molecule has 1 heterocycles. The average molecular weight is 513 g/mol. The van der Waals surface area contributed by atoms with Crippen molar-refractivity contribution in [1.29, 1.82) is 0 Å². The molecule has 6 nitrogen and oxygen atoms in total. The number of hydrogen-bond acceptors (Lipinski definition) is 4. The summed E-state index contributed by atoms with van der Waals surface area (Å²) in [6.45, 7) is 1.44. The van der Waals surface area contributed by atoms with E-state index in [9.17, 15) is 13.2 Å². The average Bonchev–Trinajstić information content (AvgIpc) is 2.88. The van der Waals surface area contributed by atoms with Crippen molar-refractivity contribution in [3.8, 4) is 5.75 Å². The Balaban J connectivity index is 1.27. The van der Waals surface area contributed by atoms with Crippen LogP contribution in [0.3, 0.4) is 0 Å². The maximum atomic E-state index is 12.8. The van der Waals surface area contributed by atoms with Crippen molar-refractivity contribution in [3.05, 3.63) is 89.4 Å². The van der Waals surface area contributed by atoms with Gasteiger partial charge in [0.2, 0.25) is 0 Å². The molecule has 35 heavy (non-hydrogen) atoms. The summed E-state index contributed by atoms with van der Waals surface area (Å²) < 4.78 is 32.6. The molecule has 0 aromatic heterocycles. The van der Waals surface area contributed by atoms with Crippen molar-refractivity contribution in [2.45, 2.75) is 24.2 Å². The van der Waals surface area contributed by atoms with Gasteiger partial charge in [-0.15, -0.1) is 0 Å². The molecule has 1 aliphatic heterocycles. The summed E-state index contributed by atoms with van der Waals surface area (Å²) in [5.41, 5.74) is 1.83. The van der Waals surface area contributed by atoms with Crippen molar-refractivity contribution >= 4 is 33.2 Å². The van der Waals surface area contributed by atoms with E-state index >= 15 is 0 Å². The number of nitrogens with zero attached hydrogens (tertiary/aromatic N) is 2. The molecule has 0 radical (unpaired) electrons. The summed E-state index contributed by atoms with van der Waals surface area (Å²) in [5.74, 6) is 1.07. The number of benzene rings is 3. The summed E-state index contributed by atoms with van der Waals surface area (Å²) in [7, 11) is -2.22. The quantitative estimate of drug-likeness (QED) is 0.425. The van der Waals surface area contributed by atoms with Gasteiger partial charge in [-0.1, -0.05) is 41.9 Å². The Bertz CT molecular complexity index is 1220. The van der Waals surface area contributed by atoms with Crippen LogP contribution in [0.4, 0.5) is 5.69 Å². The third kappa shape index (κ3) is 6.35. The first-order chi connectivity index (χ1) is 16.8. The Morgan fingerprint density at radius 2 is 1.60 bits per heavy atom. The summed E-state index contributed by atoms with van der Waals surface area (Å²) in [5, 5.41) is 0.471. The number of piperidine rings is 1. The van der Waals surface area contributed by atoms with Gasteiger partial charge < -0.3 is 9.64 Å². The van der Waals surface area contributed by atoms with E-state index in [4.69, 9.17) is 16.3 Å². The molecule has 0 spiro atoms. The van der Waals surface area contributed by atoms with Crippen LogP contribution in [0.2, 0.25) is 5.02 Å². The minimum Gasteiger partial charge on any atom is -0.484 e. The summed E-state index contributed by atoms with van der Waals surface area (Å²) in [6, 6.07) is 23.1. The molecule has 8 heteroatoms. The van der Waals surface area contributed by atoms with Gasteiger partial charge in [-0.25, -0.2) is 8.42 Å². The maximum absolute atomic E-state index is 12.8. The van der Waals surface area contributed by atoms with Crippen LogP contribution in [0.25, 0.3) is 0 Å². The standard InChI is InChI=1S/C27H29ClN2O4S/c1-29(35(32,33)26-13-7-23(28)8-14-26)24-9-11-25(12-10-24)34-20-27(31)30-17-15-22(16-18-30)19-21-5-3-2-4-6-21/h2-14,22H,15-20H2,1H3. The van der Waals surface area contributed by atoms with Gasteiger partial charge in [-0.05, 0) is 79.3 Å². The highest BCUT2D eigenvalue weighted by atomic mass is 35.5. The number of rotatable bonds is 8. The predicted molar refractivity (Wildman–Crippen MR) is 138 cm³/mol. The van der Waals surface area contributed by atoms with Gasteiger partial charge in [-0.2, -0.15) is 0 Å². The number of anilines is 1. The van der Waals surface area contributed by atoms with E-state index in [1.165, 1.54) is 29.0 Å². The van der Waals surface area contributed by atoms with Crippen LogP contribution < -0.4 is 9.04 Å². The van der Waals surface area contributed by atoms with Gasteiger partial charge in [-0.3, -0.25) is 9.10 Å². The number of hydrogen-bond donors (Lipinski definition) is 0. The molecule has 0 atom stereocenters. The molecule has 0 N–H and O–H groups in total. The number of ether oxygens (including phenoxy) is 1. The van der Waals surface area contributed by atoms with E-state index in [2.05, 4.69) is 24.3 Å². The van der Waals surface area contributed by atoms with Crippen molar-refractivity contribution in [1.82, 2.24) is 4.90 Å². The highest BCUT2D eigenvalue weighted by Crippen LogP contribution is 2.26. The van der Waals surface area contributed by atoms with Crippen LogP contribution in [-0.2, 0) is 21.2 Å². The van der Waals surface area contributed by atoms with Crippen LogP contribution in [0.1, 0.15) is 18.4 Å². The number of carbonyl (C=O) groups is 1. The van der Waals surface area contributed by atoms with Crippen molar-refractivity contribution in [2.24, 2.45) is 5.92 Å². The number of likely N-dealkylation sites (tertiary alicyclic amines) is 1. The molecule has 3 aromatic carbocycles. The molecule has 0 unspecified atom stereocenters. The Hall–Kier alpha value is -3.03. The Morgan fingerprint density at radius 1 is 0.971 bits per heavy atom. The smallest absolute Gasteiger partial charge is 0.264 e. The van der Waals surface area contributed by atoms with E-state index in [1.807, 2.05) is 11.0 Å². The van der Waals surface area contributed by atoms with Crippen molar-refractivity contribution in [2.75, 3.05) is 31.0 Å². The third-order valence-corrected chi connectivity index (χ3v) is 8.42. The van der Waals surface area contributed by atoms with Gasteiger partial charge in [0.15, 0.2) is 6.61 Å². The lowest BCUT2D eigenvalue weighted by Gasteiger charge is -2.32. The van der Waals surface area contributed by atoms with Crippen LogP contribution >= 0.6 is 11.6 Å². The lowest BCUT2D eigenvalue weighted by molar-refractivity contribution is -0.134. The van der Waals surface area contributed by atoms with E-state index in [-0.39, 0.29) is 17.4 Å². The Morgan fingerprint density at radius 3 is 2.23 bits per heavy atom. The number of amides is 1. The zero-order valence-electron chi connectivity index (χ0n) is 19.6. The second-order valence-electron chi connectivity index (χ2n) is 8.72. The molecule has 184 valence electrons. The van der Waals surface area contributed by atoms with Crippen LogP contribution in [0.5, 0.6) is 5.75 Å². The van der Waals surface area contributed by atoms with E-state index in [0.29, 0.717) is 22.4 Å². The van der Waals surface area contributed by atoms with Gasteiger partial charge in [0.25, 0.3) is 15.9 Å². The molecule has 1 saturated heterocycles. The largest absolute Gasteiger partial charge is 0.484 e. The van der Waals surface area contributed by atoms with Crippen molar-refractivity contribution < 1.29 is 17.9 Å². The highest BCUT2D eigenvalue weighted by Gasteiger charge is 2.24. The first kappa shape index (κ1) is 25.1. The lowest BCUT2D eigenvalue weighted by atomic mass is 9.90. The normalized spacial score (nSPS) is 14.5. The van der Waals surface area contributed by atoms with E-state index in [1.54, 1.807) is 36.4 Å². The molecule has 0 aliphatic carbocycles. The summed E-state index contributed by atoms with van der Waals surface area (Å²) in [6.07, 6.45) is 3.03. The Labute approximate surface area is 212 Å². The fourth-order valence-corrected chi connectivity index (χ4v) is 5.55. The van der Waals surface area contributed by atoms with E-state index < -0.39 is 10.0 Å². The second kappa shape index (κ2) is 11.1. The fraction of sp³-hybridized carbons (Fsp3) is 0.296. The first-order valence-corrected chi connectivity index (χ1v) is 13.4. The van der Waals surface area contributed by atoms with Gasteiger partial charge >= 0.3 is 0 Å². The molecular formula is C27H29ClN2O4S. The predicted octanol–water partition coefficient (Wildman–Crippen LogP) is 5.03. The van der Waals surface area contributed by atoms with Crippen LogP contribution in [-0.4, -0.2) is 46.0 Å². The molecule has 1 amide bonds. The number of carbonyl (C=O) groups excluding carboxylic acids is 1. The summed E-state index contributed by atoms with van der Waals surface area (Å²) >= 11 is 5.86. The number of sulfonamides is 1. The highest BCUT2D eigenvalue weighted by molar-refractivity contribution is 7.92. The topological polar surface area (TPSA) is 66.9 Å². The monoisotopic (exact) mass is 512 g/mol. The van der Waals surface area contributed by atoms with Crippen molar-refractivity contribution in [3.63, 3.8) is 0 Å². The van der Waals surface area contributed by atoms with Gasteiger partial charge in [0, 0.05) is 25.2 Å². The molecule has 1 aliphatic rings. The molecule has 1 fully saturated rings. The maximum Gasteiger partial charge on any atom is 0.264 e. The zero-order chi connectivity index (χ0) is 24.8. The van der Waals surface area contributed by atoms with E-state index in [0.717, 1.165) is 32.4 Å². The van der Waals surface area contributed by atoms with Gasteiger partial charge in [0.1, 0.15) is 5.75 Å². The van der Waals surface area contributed by atoms with Gasteiger partial charge in [0.05, 0.1) is 10.6 Å². The number of halogens is 1. The molecular weight excluding hydrogens is 484 g/mol. The summed E-state index contributed by atoms with van der Waals surface area (Å²) in [4.78, 5) is 14.6. The molecule has 4 rings (SSSR count). The second-order valence-corrected chi connectivity index (χ2v) is 11.1. The zero-order valence-corrected chi connectivity index (χ0v) is 21.2. The molecule has 0 saturated carbocycles. The Kier molecular flexibility index (Phi) is 7.98. The fourth-order valence-electron chi connectivity index (χ4n) is 4.23. The minimum atomic E-state index is -3.71. The van der Waals surface area contributed by atoms with Crippen LogP contribution in [0.15, 0.2) is 83.8 Å². The lowest BCUT2D eigenvalue weighted by Crippen LogP contribution is -2.41. The third-order valence-electron chi connectivity index (χ3n) is 6.37. The minimum absolute atomic E-state index is 0.0327. The molecule has 0 bridgehead atoms. The van der Waals surface area contributed by atoms with Crippen LogP contribution in [0, 0.1) is 5.92 Å². The first-order valence-electron chi connectivity index (χ1n) is 11.6. The SMILES string of the molecule is CN(c1ccc(OCC(=O)N2CCC(Cc3ccccc3)CC2)cc1)S(=O)(=O)c1ccc(Cl)cc1. The molecule has 3 aromatic rings.